The van der Waals surface area contributed by atoms with Gasteiger partial charge in [-0.15, -0.1) is 0 Å². The van der Waals surface area contributed by atoms with Crippen molar-refractivity contribution in [3.63, 3.8) is 0 Å². The maximum Gasteiger partial charge on any atom is 0.320 e. The molecule has 0 N–H and O–H groups in total. The summed E-state index contributed by atoms with van der Waals surface area (Å²) in [6, 6.07) is 6.54. The summed E-state index contributed by atoms with van der Waals surface area (Å²) in [5.74, 6) is -1.39. The van der Waals surface area contributed by atoms with Crippen LogP contribution in [0.15, 0.2) is 24.3 Å². The molecule has 1 atom stereocenters. The summed E-state index contributed by atoms with van der Waals surface area (Å²) in [5, 5.41) is 0.562. The highest BCUT2D eigenvalue weighted by Gasteiger charge is 2.20. The molecular weight excluding hydrogens is 216 g/mol. The summed E-state index contributed by atoms with van der Waals surface area (Å²) < 4.78 is 4.78. The Hall–Kier alpha value is -1.35. The Morgan fingerprint density at radius 3 is 2.53 bits per heavy atom. The van der Waals surface area contributed by atoms with Crippen LogP contribution in [-0.2, 0) is 14.3 Å². The molecule has 0 unspecified atom stereocenters. The summed E-state index contributed by atoms with van der Waals surface area (Å²) in [6.07, 6.45) is 0.571. The molecule has 0 aliphatic heterocycles. The number of hydrogen-bond acceptors (Lipinski definition) is 3. The first-order valence-corrected chi connectivity index (χ1v) is 4.94. The van der Waals surface area contributed by atoms with E-state index in [1.807, 2.05) is 0 Å². The molecule has 0 aliphatic carbocycles. The second kappa shape index (κ2) is 5.51. The molecular formula is C11H11ClO3. The van der Waals surface area contributed by atoms with Crippen LogP contribution in [0.4, 0.5) is 0 Å². The number of hydrogen-bond donors (Lipinski definition) is 0. The standard InChI is InChI=1S/C11H11ClO3/c1-2-15-11(14)10(7-13)8-3-5-9(12)6-4-8/h3-7,10H,2H2,1H3/t10-/m1/s1. The molecule has 4 heteroatoms. The second-order valence-electron chi connectivity index (χ2n) is 2.92. The van der Waals surface area contributed by atoms with Gasteiger partial charge in [-0.2, -0.15) is 0 Å². The Morgan fingerprint density at radius 2 is 2.07 bits per heavy atom. The van der Waals surface area contributed by atoms with E-state index in [1.165, 1.54) is 0 Å². The Bertz CT molecular complexity index is 345. The molecule has 80 valence electrons. The number of rotatable bonds is 4. The highest BCUT2D eigenvalue weighted by Crippen LogP contribution is 2.18. The maximum atomic E-state index is 11.4. The minimum absolute atomic E-state index is 0.261. The number of carbonyl (C=O) groups excluding carboxylic acids is 2. The van der Waals surface area contributed by atoms with Crippen LogP contribution < -0.4 is 0 Å². The van der Waals surface area contributed by atoms with Gasteiger partial charge < -0.3 is 9.53 Å². The van der Waals surface area contributed by atoms with E-state index < -0.39 is 11.9 Å². The summed E-state index contributed by atoms with van der Waals surface area (Å²) in [4.78, 5) is 22.1. The van der Waals surface area contributed by atoms with Crippen molar-refractivity contribution in [3.8, 4) is 0 Å². The third-order valence-electron chi connectivity index (χ3n) is 1.91. The lowest BCUT2D eigenvalue weighted by Crippen LogP contribution is -2.17. The number of halogens is 1. The van der Waals surface area contributed by atoms with Gasteiger partial charge in [0.25, 0.3) is 0 Å². The smallest absolute Gasteiger partial charge is 0.320 e. The molecule has 0 aliphatic rings. The third kappa shape index (κ3) is 3.06. The lowest BCUT2D eigenvalue weighted by atomic mass is 10.0. The molecule has 0 heterocycles. The van der Waals surface area contributed by atoms with Crippen molar-refractivity contribution in [2.75, 3.05) is 6.61 Å². The van der Waals surface area contributed by atoms with Gasteiger partial charge in [0.1, 0.15) is 12.2 Å². The minimum Gasteiger partial charge on any atom is -0.465 e. The van der Waals surface area contributed by atoms with Crippen molar-refractivity contribution >= 4 is 23.9 Å². The van der Waals surface area contributed by atoms with E-state index in [9.17, 15) is 9.59 Å². The van der Waals surface area contributed by atoms with Crippen LogP contribution in [0.1, 0.15) is 18.4 Å². The van der Waals surface area contributed by atoms with E-state index in [0.29, 0.717) is 16.9 Å². The van der Waals surface area contributed by atoms with E-state index >= 15 is 0 Å². The number of benzene rings is 1. The topological polar surface area (TPSA) is 43.4 Å². The Labute approximate surface area is 93.0 Å². The SMILES string of the molecule is CCOC(=O)[C@H](C=O)c1ccc(Cl)cc1. The minimum atomic E-state index is -0.859. The van der Waals surface area contributed by atoms with Crippen LogP contribution in [0.2, 0.25) is 5.02 Å². The second-order valence-corrected chi connectivity index (χ2v) is 3.35. The number of aldehydes is 1. The predicted octanol–water partition coefficient (Wildman–Crippen LogP) is 2.19. The first-order valence-electron chi connectivity index (χ1n) is 4.56. The Balaban J connectivity index is 2.87. The summed E-state index contributed by atoms with van der Waals surface area (Å²) in [5.41, 5.74) is 0.591. The molecule has 0 bridgehead atoms. The average molecular weight is 227 g/mol. The molecule has 1 aromatic carbocycles. The molecule has 3 nitrogen and oxygen atoms in total. The number of carbonyl (C=O) groups is 2. The quantitative estimate of drug-likeness (QED) is 0.449. The zero-order chi connectivity index (χ0) is 11.3. The van der Waals surface area contributed by atoms with E-state index in [0.717, 1.165) is 0 Å². The van der Waals surface area contributed by atoms with Gasteiger partial charge in [0, 0.05) is 5.02 Å². The maximum absolute atomic E-state index is 11.4. The lowest BCUT2D eigenvalue weighted by Gasteiger charge is -2.09. The van der Waals surface area contributed by atoms with E-state index in [2.05, 4.69) is 0 Å². The average Bonchev–Trinajstić information content (AvgIpc) is 2.22. The van der Waals surface area contributed by atoms with Gasteiger partial charge in [-0.25, -0.2) is 0 Å². The highest BCUT2D eigenvalue weighted by molar-refractivity contribution is 6.30. The molecule has 1 aromatic rings. The van der Waals surface area contributed by atoms with Crippen LogP contribution in [0.5, 0.6) is 0 Å². The van der Waals surface area contributed by atoms with Gasteiger partial charge in [-0.3, -0.25) is 4.79 Å². The van der Waals surface area contributed by atoms with Crippen molar-refractivity contribution in [1.82, 2.24) is 0 Å². The van der Waals surface area contributed by atoms with Crippen molar-refractivity contribution in [2.24, 2.45) is 0 Å². The predicted molar refractivity (Wildman–Crippen MR) is 56.9 cm³/mol. The monoisotopic (exact) mass is 226 g/mol. The van der Waals surface area contributed by atoms with Gasteiger partial charge in [0.15, 0.2) is 0 Å². The lowest BCUT2D eigenvalue weighted by molar-refractivity contribution is -0.146. The molecule has 1 rings (SSSR count). The van der Waals surface area contributed by atoms with Crippen LogP contribution in [0, 0.1) is 0 Å². The van der Waals surface area contributed by atoms with Gasteiger partial charge in [0.05, 0.1) is 6.61 Å². The first kappa shape index (κ1) is 11.7. The molecule has 0 aromatic heterocycles. The van der Waals surface area contributed by atoms with Crippen molar-refractivity contribution < 1.29 is 14.3 Å². The highest BCUT2D eigenvalue weighted by atomic mass is 35.5. The third-order valence-corrected chi connectivity index (χ3v) is 2.16. The van der Waals surface area contributed by atoms with Crippen LogP contribution in [0.25, 0.3) is 0 Å². The van der Waals surface area contributed by atoms with Crippen molar-refractivity contribution in [2.45, 2.75) is 12.8 Å². The summed E-state index contributed by atoms with van der Waals surface area (Å²) in [6.45, 7) is 1.96. The van der Waals surface area contributed by atoms with Crippen LogP contribution in [0.3, 0.4) is 0 Å². The van der Waals surface area contributed by atoms with Crippen LogP contribution >= 0.6 is 11.6 Å². The molecule has 0 amide bonds. The van der Waals surface area contributed by atoms with Crippen LogP contribution in [-0.4, -0.2) is 18.9 Å². The van der Waals surface area contributed by atoms with Crippen molar-refractivity contribution in [3.05, 3.63) is 34.9 Å². The fraction of sp³-hybridized carbons (Fsp3) is 0.273. The van der Waals surface area contributed by atoms with Gasteiger partial charge in [-0.1, -0.05) is 23.7 Å². The molecule has 0 radical (unpaired) electrons. The van der Waals surface area contributed by atoms with Gasteiger partial charge >= 0.3 is 5.97 Å². The molecule has 15 heavy (non-hydrogen) atoms. The fourth-order valence-corrected chi connectivity index (χ4v) is 1.30. The van der Waals surface area contributed by atoms with E-state index in [-0.39, 0.29) is 6.61 Å². The van der Waals surface area contributed by atoms with E-state index in [1.54, 1.807) is 31.2 Å². The molecule has 0 saturated carbocycles. The summed E-state index contributed by atoms with van der Waals surface area (Å²) in [7, 11) is 0. The molecule has 0 spiro atoms. The van der Waals surface area contributed by atoms with Gasteiger partial charge in [0.2, 0.25) is 0 Å². The Morgan fingerprint density at radius 1 is 1.47 bits per heavy atom. The fourth-order valence-electron chi connectivity index (χ4n) is 1.17. The van der Waals surface area contributed by atoms with Crippen molar-refractivity contribution in [1.29, 1.82) is 0 Å². The number of ether oxygens (including phenoxy) is 1. The Kier molecular flexibility index (Phi) is 4.31. The largest absolute Gasteiger partial charge is 0.465 e. The number of esters is 1. The molecule has 0 fully saturated rings. The zero-order valence-electron chi connectivity index (χ0n) is 8.27. The zero-order valence-corrected chi connectivity index (χ0v) is 9.03. The summed E-state index contributed by atoms with van der Waals surface area (Å²) >= 11 is 5.70. The van der Waals surface area contributed by atoms with E-state index in [4.69, 9.17) is 16.3 Å². The molecule has 0 saturated heterocycles. The first-order chi connectivity index (χ1) is 7.19. The normalized spacial score (nSPS) is 11.9. The van der Waals surface area contributed by atoms with Gasteiger partial charge in [-0.05, 0) is 24.6 Å².